The van der Waals surface area contributed by atoms with Crippen LogP contribution in [0.25, 0.3) is 0 Å². The Hall–Kier alpha value is -2.94. The number of aryl methyl sites for hydroxylation is 1. The van der Waals surface area contributed by atoms with Crippen LogP contribution < -0.4 is 5.32 Å². The number of alkyl halides is 3. The summed E-state index contributed by atoms with van der Waals surface area (Å²) in [5.41, 5.74) is -1.53. The van der Waals surface area contributed by atoms with E-state index in [1.165, 1.54) is 28.4 Å². The van der Waals surface area contributed by atoms with Gasteiger partial charge in [-0.05, 0) is 28.8 Å². The molecule has 2 aromatic heterocycles. The van der Waals surface area contributed by atoms with Gasteiger partial charge in [0.1, 0.15) is 11.8 Å². The predicted octanol–water partition coefficient (Wildman–Crippen LogP) is 1.53. The zero-order valence-electron chi connectivity index (χ0n) is 16.4. The molecule has 2 amide bonds. The van der Waals surface area contributed by atoms with Crippen molar-refractivity contribution in [3.05, 3.63) is 29.1 Å². The number of carbonyl (C=O) groups is 2. The van der Waals surface area contributed by atoms with Gasteiger partial charge in [-0.25, -0.2) is 14.5 Å². The topological polar surface area (TPSA) is 124 Å². The summed E-state index contributed by atoms with van der Waals surface area (Å²) in [6, 6.07) is 1.70. The molecule has 0 aliphatic carbocycles. The van der Waals surface area contributed by atoms with Gasteiger partial charge in [0, 0.05) is 7.05 Å². The number of nitrogens with one attached hydrogen (secondary N) is 1. The van der Waals surface area contributed by atoms with Crippen molar-refractivity contribution in [1.29, 1.82) is 0 Å². The highest BCUT2D eigenvalue weighted by atomic mass is 32.2. The summed E-state index contributed by atoms with van der Waals surface area (Å²) >= 11 is 1.44. The molecular formula is C16H18F3N7O4S. The standard InChI is InChI=1S/C16H18F3N7O4S/c1-25-14(22-23-24-25)21-13(27)10-3-4-12(16(17,18)19)20-11(10)7-29-6-9-5-26(8-31-2)15(28)30-9/h3-4,9H,5-8H2,1-2H3,(H,21,22,24,27). The van der Waals surface area contributed by atoms with Crippen molar-refractivity contribution in [2.45, 2.75) is 18.9 Å². The van der Waals surface area contributed by atoms with Crippen LogP contribution in [0.3, 0.4) is 0 Å². The highest BCUT2D eigenvalue weighted by Gasteiger charge is 2.34. The fraction of sp³-hybridized carbons (Fsp3) is 0.500. The lowest BCUT2D eigenvalue weighted by Gasteiger charge is -2.14. The summed E-state index contributed by atoms with van der Waals surface area (Å²) in [5, 5.41) is 12.9. The van der Waals surface area contributed by atoms with Crippen molar-refractivity contribution in [3.8, 4) is 0 Å². The third kappa shape index (κ3) is 5.61. The first-order valence-corrected chi connectivity index (χ1v) is 10.2. The Bertz CT molecular complexity index is 956. The number of thioether (sulfide) groups is 1. The second kappa shape index (κ2) is 9.47. The molecule has 0 saturated carbocycles. The SMILES string of the molecule is CSCN1CC(COCc2nc(C(F)(F)F)ccc2C(=O)Nc2nnnn2C)OC1=O. The molecule has 1 aliphatic heterocycles. The van der Waals surface area contributed by atoms with E-state index >= 15 is 0 Å². The molecule has 3 heterocycles. The molecular weight excluding hydrogens is 443 g/mol. The molecule has 1 saturated heterocycles. The summed E-state index contributed by atoms with van der Waals surface area (Å²) in [7, 11) is 1.48. The second-order valence-electron chi connectivity index (χ2n) is 6.43. The van der Waals surface area contributed by atoms with Crippen molar-refractivity contribution in [2.24, 2.45) is 7.05 Å². The minimum Gasteiger partial charge on any atom is -0.442 e. The number of cyclic esters (lactones) is 1. The fourth-order valence-corrected chi connectivity index (χ4v) is 3.21. The number of tetrazole rings is 1. The van der Waals surface area contributed by atoms with Crippen LogP contribution in [-0.4, -0.2) is 73.5 Å². The van der Waals surface area contributed by atoms with Crippen LogP contribution in [0.15, 0.2) is 12.1 Å². The quantitative estimate of drug-likeness (QED) is 0.623. The zero-order valence-corrected chi connectivity index (χ0v) is 17.2. The molecule has 15 heteroatoms. The van der Waals surface area contributed by atoms with Crippen molar-refractivity contribution >= 4 is 29.7 Å². The Kier molecular flexibility index (Phi) is 6.94. The zero-order chi connectivity index (χ0) is 22.6. The maximum Gasteiger partial charge on any atom is 0.433 e. The Balaban J connectivity index is 1.71. The molecule has 0 spiro atoms. The van der Waals surface area contributed by atoms with Gasteiger partial charge < -0.3 is 9.47 Å². The number of amides is 2. The molecule has 0 aromatic carbocycles. The average Bonchev–Trinajstić information content (AvgIpc) is 3.26. The first kappa shape index (κ1) is 22.7. The van der Waals surface area contributed by atoms with Gasteiger partial charge in [-0.15, -0.1) is 11.8 Å². The van der Waals surface area contributed by atoms with Crippen LogP contribution in [0.5, 0.6) is 0 Å². The number of hydrogen-bond donors (Lipinski definition) is 1. The first-order chi connectivity index (χ1) is 14.7. The minimum absolute atomic E-state index is 0.00326. The van der Waals surface area contributed by atoms with Gasteiger partial charge in [-0.2, -0.15) is 13.2 Å². The van der Waals surface area contributed by atoms with E-state index in [0.717, 1.165) is 6.07 Å². The van der Waals surface area contributed by atoms with E-state index in [0.29, 0.717) is 18.5 Å². The number of aromatic nitrogens is 5. The summed E-state index contributed by atoms with van der Waals surface area (Å²) in [4.78, 5) is 29.3. The van der Waals surface area contributed by atoms with E-state index in [1.54, 1.807) is 0 Å². The molecule has 31 heavy (non-hydrogen) atoms. The summed E-state index contributed by atoms with van der Waals surface area (Å²) in [6.07, 6.45) is -3.93. The number of pyridine rings is 1. The first-order valence-electron chi connectivity index (χ1n) is 8.82. The van der Waals surface area contributed by atoms with Crippen LogP contribution in [0.1, 0.15) is 21.7 Å². The van der Waals surface area contributed by atoms with Crippen LogP contribution >= 0.6 is 11.8 Å². The smallest absolute Gasteiger partial charge is 0.433 e. The van der Waals surface area contributed by atoms with Gasteiger partial charge >= 0.3 is 12.3 Å². The largest absolute Gasteiger partial charge is 0.442 e. The van der Waals surface area contributed by atoms with Gasteiger partial charge in [-0.1, -0.05) is 5.10 Å². The van der Waals surface area contributed by atoms with Gasteiger partial charge in [-0.3, -0.25) is 15.0 Å². The third-order valence-electron chi connectivity index (χ3n) is 4.13. The van der Waals surface area contributed by atoms with Crippen LogP contribution in [0, 0.1) is 0 Å². The monoisotopic (exact) mass is 461 g/mol. The summed E-state index contributed by atoms with van der Waals surface area (Å²) in [6.45, 7) is -0.175. The molecule has 1 atom stereocenters. The molecule has 1 unspecified atom stereocenters. The van der Waals surface area contributed by atoms with E-state index in [2.05, 4.69) is 25.8 Å². The number of ether oxygens (including phenoxy) is 2. The molecule has 11 nitrogen and oxygen atoms in total. The van der Waals surface area contributed by atoms with Gasteiger partial charge in [0.05, 0.1) is 36.9 Å². The molecule has 1 N–H and O–H groups in total. The van der Waals surface area contributed by atoms with Crippen LogP contribution in [0.2, 0.25) is 0 Å². The second-order valence-corrected chi connectivity index (χ2v) is 7.27. The Morgan fingerprint density at radius 2 is 2.19 bits per heavy atom. The Morgan fingerprint density at radius 3 is 2.84 bits per heavy atom. The number of nitrogens with zero attached hydrogens (tertiary/aromatic N) is 6. The van der Waals surface area contributed by atoms with Crippen LogP contribution in [-0.2, 0) is 29.3 Å². The lowest BCUT2D eigenvalue weighted by molar-refractivity contribution is -0.141. The minimum atomic E-state index is -4.70. The number of carbonyl (C=O) groups excluding carboxylic acids is 2. The summed E-state index contributed by atoms with van der Waals surface area (Å²) in [5.74, 6) is -0.300. The van der Waals surface area contributed by atoms with Crippen LogP contribution in [0.4, 0.5) is 23.9 Å². The maximum absolute atomic E-state index is 13.1. The van der Waals surface area contributed by atoms with Gasteiger partial charge in [0.2, 0.25) is 5.95 Å². The van der Waals surface area contributed by atoms with Crippen molar-refractivity contribution in [1.82, 2.24) is 30.1 Å². The number of halogens is 3. The maximum atomic E-state index is 13.1. The Morgan fingerprint density at radius 1 is 1.42 bits per heavy atom. The number of rotatable bonds is 8. The lowest BCUT2D eigenvalue weighted by atomic mass is 10.1. The van der Waals surface area contributed by atoms with E-state index < -0.39 is 36.6 Å². The lowest BCUT2D eigenvalue weighted by Crippen LogP contribution is -2.26. The van der Waals surface area contributed by atoms with Crippen molar-refractivity contribution < 1.29 is 32.2 Å². The predicted molar refractivity (Wildman–Crippen MR) is 101 cm³/mol. The van der Waals surface area contributed by atoms with Crippen molar-refractivity contribution in [3.63, 3.8) is 0 Å². The van der Waals surface area contributed by atoms with E-state index in [1.807, 2.05) is 6.26 Å². The Labute approximate surface area is 178 Å². The molecule has 3 rings (SSSR count). The summed E-state index contributed by atoms with van der Waals surface area (Å²) < 4.78 is 51.0. The molecule has 1 fully saturated rings. The fourth-order valence-electron chi connectivity index (χ4n) is 2.69. The highest BCUT2D eigenvalue weighted by molar-refractivity contribution is 7.98. The molecule has 168 valence electrons. The van der Waals surface area contributed by atoms with E-state index in [4.69, 9.17) is 9.47 Å². The van der Waals surface area contributed by atoms with E-state index in [9.17, 15) is 22.8 Å². The number of hydrogen-bond acceptors (Lipinski definition) is 9. The molecule has 0 bridgehead atoms. The highest BCUT2D eigenvalue weighted by Crippen LogP contribution is 2.28. The van der Waals surface area contributed by atoms with E-state index in [-0.39, 0.29) is 23.8 Å². The molecule has 1 aliphatic rings. The third-order valence-corrected chi connectivity index (χ3v) is 4.70. The number of anilines is 1. The van der Waals surface area contributed by atoms with Gasteiger partial charge in [0.15, 0.2) is 0 Å². The normalized spacial score (nSPS) is 16.5. The molecule has 2 aromatic rings. The molecule has 0 radical (unpaired) electrons. The van der Waals surface area contributed by atoms with Crippen molar-refractivity contribution in [2.75, 3.05) is 30.6 Å². The van der Waals surface area contributed by atoms with Gasteiger partial charge in [0.25, 0.3) is 5.91 Å². The average molecular weight is 461 g/mol.